The lowest BCUT2D eigenvalue weighted by molar-refractivity contribution is 0.277. The van der Waals surface area contributed by atoms with E-state index in [9.17, 15) is 5.11 Å². The van der Waals surface area contributed by atoms with Crippen molar-refractivity contribution < 1.29 is 9.53 Å². The first-order valence-corrected chi connectivity index (χ1v) is 14.0. The lowest BCUT2D eigenvalue weighted by atomic mass is 10.0. The van der Waals surface area contributed by atoms with E-state index in [1.807, 2.05) is 12.1 Å². The van der Waals surface area contributed by atoms with Gasteiger partial charge in [-0.25, -0.2) is 0 Å². The highest BCUT2D eigenvalue weighted by Crippen LogP contribution is 2.36. The minimum absolute atomic E-state index is 0.318. The van der Waals surface area contributed by atoms with Crippen LogP contribution in [0.4, 0.5) is 0 Å². The van der Waals surface area contributed by atoms with Crippen LogP contribution >= 0.6 is 0 Å². The first-order chi connectivity index (χ1) is 13.2. The van der Waals surface area contributed by atoms with Crippen molar-refractivity contribution in [1.29, 1.82) is 0 Å². The Labute approximate surface area is 173 Å². The summed E-state index contributed by atoms with van der Waals surface area (Å²) in [6.45, 7) is 12.5. The summed E-state index contributed by atoms with van der Waals surface area (Å²) in [5.41, 5.74) is 1.38. The molecule has 0 aromatic heterocycles. The molecule has 0 fully saturated rings. The quantitative estimate of drug-likeness (QED) is 0.307. The highest BCUT2D eigenvalue weighted by molar-refractivity contribution is 6.74. The Morgan fingerprint density at radius 3 is 2.07 bits per heavy atom. The molecule has 0 atom stereocenters. The zero-order valence-corrected chi connectivity index (χ0v) is 19.7. The van der Waals surface area contributed by atoms with Crippen LogP contribution in [-0.4, -0.2) is 20.0 Å². The Balaban J connectivity index is 1.53. The van der Waals surface area contributed by atoms with E-state index in [4.69, 9.17) is 4.43 Å². The van der Waals surface area contributed by atoms with E-state index < -0.39 is 8.32 Å². The van der Waals surface area contributed by atoms with Crippen molar-refractivity contribution in [2.45, 2.75) is 90.3 Å². The smallest absolute Gasteiger partial charge is 0.191 e. The molecule has 3 heteroatoms. The summed E-state index contributed by atoms with van der Waals surface area (Å²) >= 11 is 0. The van der Waals surface area contributed by atoms with Crippen molar-refractivity contribution in [3.05, 3.63) is 42.0 Å². The van der Waals surface area contributed by atoms with Gasteiger partial charge >= 0.3 is 0 Å². The number of aryl methyl sites for hydroxylation is 1. The van der Waals surface area contributed by atoms with E-state index in [0.717, 1.165) is 18.4 Å². The SMILES string of the molecule is CC(C)(C)[Si](C)(C)OCCCCCCCCCc1ccc2ccc(O)cc2c1. The summed E-state index contributed by atoms with van der Waals surface area (Å²) in [6.07, 6.45) is 10.2. The fraction of sp³-hybridized carbons (Fsp3) is 0.600. The van der Waals surface area contributed by atoms with Gasteiger partial charge in [0, 0.05) is 6.61 Å². The van der Waals surface area contributed by atoms with Crippen molar-refractivity contribution in [3.8, 4) is 5.75 Å². The number of rotatable bonds is 11. The van der Waals surface area contributed by atoms with Crippen molar-refractivity contribution in [1.82, 2.24) is 0 Å². The van der Waals surface area contributed by atoms with E-state index in [-0.39, 0.29) is 0 Å². The molecule has 0 heterocycles. The number of benzene rings is 2. The molecule has 0 bridgehead atoms. The number of phenols is 1. The number of fused-ring (bicyclic) bond motifs is 1. The Hall–Kier alpha value is -1.32. The summed E-state index contributed by atoms with van der Waals surface area (Å²) in [6, 6.07) is 12.2. The molecular formula is C25H40O2Si. The standard InChI is InChI=1S/C25H40O2Si/c1-25(2,3)28(4,5)27-18-12-10-8-6-7-9-11-13-21-14-15-22-16-17-24(26)20-23(22)19-21/h14-17,19-20,26H,6-13,18H2,1-5H3. The van der Waals surface area contributed by atoms with Crippen LogP contribution in [0.5, 0.6) is 5.75 Å². The van der Waals surface area contributed by atoms with E-state index in [1.165, 1.54) is 55.9 Å². The van der Waals surface area contributed by atoms with E-state index in [1.54, 1.807) is 6.07 Å². The summed E-state index contributed by atoms with van der Waals surface area (Å²) in [5, 5.41) is 12.3. The van der Waals surface area contributed by atoms with Gasteiger partial charge < -0.3 is 9.53 Å². The molecule has 2 aromatic carbocycles. The third-order valence-electron chi connectivity index (χ3n) is 6.27. The van der Waals surface area contributed by atoms with Gasteiger partial charge in [-0.1, -0.05) is 77.1 Å². The molecule has 2 aromatic rings. The average molecular weight is 401 g/mol. The van der Waals surface area contributed by atoms with Gasteiger partial charge in [-0.05, 0) is 65.9 Å². The lowest BCUT2D eigenvalue weighted by Gasteiger charge is -2.36. The third kappa shape index (κ3) is 7.25. The van der Waals surface area contributed by atoms with Crippen molar-refractivity contribution in [3.63, 3.8) is 0 Å². The summed E-state index contributed by atoms with van der Waals surface area (Å²) < 4.78 is 6.25. The number of unbranched alkanes of at least 4 members (excludes halogenated alkanes) is 6. The molecular weight excluding hydrogens is 360 g/mol. The largest absolute Gasteiger partial charge is 0.508 e. The third-order valence-corrected chi connectivity index (χ3v) is 10.8. The van der Waals surface area contributed by atoms with Gasteiger partial charge in [0.1, 0.15) is 5.75 Å². The normalized spacial score (nSPS) is 12.6. The molecule has 0 aliphatic rings. The average Bonchev–Trinajstić information content (AvgIpc) is 2.62. The number of phenolic OH excluding ortho intramolecular Hbond substituents is 1. The summed E-state index contributed by atoms with van der Waals surface area (Å²) in [4.78, 5) is 0. The highest BCUT2D eigenvalue weighted by atomic mass is 28.4. The van der Waals surface area contributed by atoms with E-state index >= 15 is 0 Å². The molecule has 0 saturated heterocycles. The van der Waals surface area contributed by atoms with Gasteiger partial charge in [0.25, 0.3) is 0 Å². The van der Waals surface area contributed by atoms with Gasteiger partial charge in [-0.15, -0.1) is 0 Å². The Kier molecular flexibility index (Phi) is 8.57. The van der Waals surface area contributed by atoms with Crippen molar-refractivity contribution in [2.24, 2.45) is 0 Å². The predicted molar refractivity (Wildman–Crippen MR) is 125 cm³/mol. The summed E-state index contributed by atoms with van der Waals surface area (Å²) in [7, 11) is -1.56. The number of aromatic hydroxyl groups is 1. The Bertz CT molecular complexity index is 731. The predicted octanol–water partition coefficient (Wildman–Crippen LogP) is 7.84. The van der Waals surface area contributed by atoms with Crippen LogP contribution in [0.15, 0.2) is 36.4 Å². The minimum Gasteiger partial charge on any atom is -0.508 e. The van der Waals surface area contributed by atoms with Crippen LogP contribution in [-0.2, 0) is 10.8 Å². The van der Waals surface area contributed by atoms with Crippen LogP contribution in [0.3, 0.4) is 0 Å². The molecule has 0 unspecified atom stereocenters. The van der Waals surface area contributed by atoms with Gasteiger partial charge in [-0.3, -0.25) is 0 Å². The zero-order valence-electron chi connectivity index (χ0n) is 18.7. The molecule has 0 aliphatic heterocycles. The Morgan fingerprint density at radius 2 is 1.39 bits per heavy atom. The van der Waals surface area contributed by atoms with Crippen LogP contribution in [0.1, 0.15) is 71.3 Å². The van der Waals surface area contributed by atoms with Crippen molar-refractivity contribution >= 4 is 19.1 Å². The lowest BCUT2D eigenvalue weighted by Crippen LogP contribution is -2.40. The molecule has 2 rings (SSSR count). The fourth-order valence-electron chi connectivity index (χ4n) is 3.30. The molecule has 0 amide bonds. The maximum Gasteiger partial charge on any atom is 0.191 e. The fourth-order valence-corrected chi connectivity index (χ4v) is 4.39. The van der Waals surface area contributed by atoms with E-state index in [2.05, 4.69) is 52.1 Å². The van der Waals surface area contributed by atoms with Gasteiger partial charge in [0.15, 0.2) is 8.32 Å². The van der Waals surface area contributed by atoms with Crippen LogP contribution < -0.4 is 0 Å². The Morgan fingerprint density at radius 1 is 0.786 bits per heavy atom. The zero-order chi connectivity index (χ0) is 20.6. The number of hydrogen-bond acceptors (Lipinski definition) is 2. The first-order valence-electron chi connectivity index (χ1n) is 11.0. The second-order valence-corrected chi connectivity index (χ2v) is 14.5. The topological polar surface area (TPSA) is 29.5 Å². The molecule has 28 heavy (non-hydrogen) atoms. The maximum atomic E-state index is 9.64. The summed E-state index contributed by atoms with van der Waals surface area (Å²) in [5.74, 6) is 0.347. The van der Waals surface area contributed by atoms with Crippen LogP contribution in [0.2, 0.25) is 18.1 Å². The highest BCUT2D eigenvalue weighted by Gasteiger charge is 2.36. The molecule has 1 N–H and O–H groups in total. The van der Waals surface area contributed by atoms with Crippen LogP contribution in [0, 0.1) is 0 Å². The molecule has 0 aliphatic carbocycles. The molecule has 156 valence electrons. The molecule has 0 saturated carbocycles. The van der Waals surface area contributed by atoms with E-state index in [0.29, 0.717) is 10.8 Å². The second-order valence-electron chi connectivity index (χ2n) is 9.70. The minimum atomic E-state index is -1.56. The monoisotopic (exact) mass is 400 g/mol. The first kappa shape index (κ1) is 23.0. The number of hydrogen-bond donors (Lipinski definition) is 1. The van der Waals surface area contributed by atoms with Crippen molar-refractivity contribution in [2.75, 3.05) is 6.61 Å². The maximum absolute atomic E-state index is 9.64. The van der Waals surface area contributed by atoms with Gasteiger partial charge in [-0.2, -0.15) is 0 Å². The van der Waals surface area contributed by atoms with Crippen LogP contribution in [0.25, 0.3) is 10.8 Å². The molecule has 0 spiro atoms. The molecule has 0 radical (unpaired) electrons. The second kappa shape index (κ2) is 10.5. The van der Waals surface area contributed by atoms with Gasteiger partial charge in [0.05, 0.1) is 0 Å². The molecule has 2 nitrogen and oxygen atoms in total. The van der Waals surface area contributed by atoms with Gasteiger partial charge in [0.2, 0.25) is 0 Å².